The predicted octanol–water partition coefficient (Wildman–Crippen LogP) is 0.867. The average molecular weight is 940 g/mol. The standard InChI is InChI=1S/C35H43N9O16P2S/c1-2-3-9-25(45)41-20(10-11-27(46)63-19-7-5-4-6-8-19)34(48)59-30-23(58-33(29(30)47)44-18-40-28-31(37)38-17-39-32(28)44)16-56-62(53,54)60-21-14-26(43-13-12-24(36)42-35(43)49)57-22(21)15-55-61(50,51)52/h2,4-8,12-13,17-18,20-23,26,29-30,33,47H,1,3,9-11,14-16H2,(H,41,45)(H,53,54)(H2,36,42,49)(H2,37,38,39)(H2,50,51,52)/t20-,21-,22+,23+,26+,29+,30+,33+/m0/s1. The van der Waals surface area contributed by atoms with Gasteiger partial charge in [-0.05, 0) is 31.0 Å². The van der Waals surface area contributed by atoms with Gasteiger partial charge in [0, 0.05) is 30.4 Å². The van der Waals surface area contributed by atoms with E-state index in [9.17, 15) is 48.1 Å². The third-order valence-electron chi connectivity index (χ3n) is 9.45. The Hall–Kier alpha value is -4.95. The van der Waals surface area contributed by atoms with Gasteiger partial charge in [0.2, 0.25) is 5.91 Å². The average Bonchev–Trinajstić information content (AvgIpc) is 3.92. The maximum atomic E-state index is 13.9. The van der Waals surface area contributed by atoms with Gasteiger partial charge >= 0.3 is 27.3 Å². The molecule has 0 bridgehead atoms. The van der Waals surface area contributed by atoms with E-state index < -0.39 is 95.4 Å². The van der Waals surface area contributed by atoms with Crippen LogP contribution in [0.25, 0.3) is 11.2 Å². The Bertz CT molecular complexity index is 2440. The first-order chi connectivity index (χ1) is 29.9. The number of hydrogen-bond donors (Lipinski definition) is 7. The lowest BCUT2D eigenvalue weighted by Crippen LogP contribution is -2.46. The van der Waals surface area contributed by atoms with Crippen molar-refractivity contribution >= 4 is 67.2 Å². The van der Waals surface area contributed by atoms with Crippen molar-refractivity contribution in [1.82, 2.24) is 34.4 Å². The fourth-order valence-electron chi connectivity index (χ4n) is 6.50. The van der Waals surface area contributed by atoms with E-state index in [1.165, 1.54) is 29.2 Å². The van der Waals surface area contributed by atoms with E-state index in [2.05, 4.69) is 36.4 Å². The molecule has 2 aliphatic heterocycles. The first-order valence-corrected chi connectivity index (χ1v) is 22.7. The van der Waals surface area contributed by atoms with Crippen LogP contribution in [0.1, 0.15) is 44.6 Å². The SMILES string of the molecule is C=CCCC(=O)N[C@@H](CCC(=O)Sc1ccccc1)C(=O)O[C@H]1[C@@H](O)[C@H](n2cnc3c(N)ncnc32)O[C@@H]1COP(=O)(O)O[C@H]1C[C@H](n2ccc(N)nc2=O)O[C@@H]1COP(=O)(O)O. The predicted molar refractivity (Wildman–Crippen MR) is 218 cm³/mol. The fraction of sp³-hybridized carbons (Fsp3) is 0.429. The maximum Gasteiger partial charge on any atom is 0.472 e. The smallest absolute Gasteiger partial charge is 0.455 e. The second-order valence-electron chi connectivity index (χ2n) is 13.9. The summed E-state index contributed by atoms with van der Waals surface area (Å²) in [6.07, 6.45) is -6.19. The van der Waals surface area contributed by atoms with Gasteiger partial charge in [0.25, 0.3) is 0 Å². The number of nitrogens with one attached hydrogen (secondary N) is 1. The number of ether oxygens (including phenoxy) is 3. The molecule has 9 atom stereocenters. The number of anilines is 2. The van der Waals surface area contributed by atoms with Gasteiger partial charge in [-0.2, -0.15) is 4.98 Å². The molecule has 9 N–H and O–H groups in total. The number of nitrogens with two attached hydrogens (primary N) is 2. The number of thioether (sulfide) groups is 1. The van der Waals surface area contributed by atoms with E-state index in [0.717, 1.165) is 22.7 Å². The highest BCUT2D eigenvalue weighted by molar-refractivity contribution is 8.13. The lowest BCUT2D eigenvalue weighted by molar-refractivity contribution is -0.160. The van der Waals surface area contributed by atoms with Crippen molar-refractivity contribution in [2.24, 2.45) is 0 Å². The van der Waals surface area contributed by atoms with Gasteiger partial charge in [-0.15, -0.1) is 6.58 Å². The summed E-state index contributed by atoms with van der Waals surface area (Å²) in [5.74, 6) is -1.79. The lowest BCUT2D eigenvalue weighted by Gasteiger charge is -2.25. The Morgan fingerprint density at radius 2 is 1.76 bits per heavy atom. The van der Waals surface area contributed by atoms with Crippen molar-refractivity contribution in [1.29, 1.82) is 0 Å². The number of nitrogen functional groups attached to an aromatic ring is 2. The lowest BCUT2D eigenvalue weighted by atomic mass is 10.1. The monoisotopic (exact) mass is 939 g/mol. The molecular formula is C35H43N9O16P2S. The number of aliphatic hydroxyl groups excluding tert-OH is 1. The van der Waals surface area contributed by atoms with Gasteiger partial charge in [-0.3, -0.25) is 32.3 Å². The van der Waals surface area contributed by atoms with Crippen LogP contribution in [0.4, 0.5) is 11.6 Å². The van der Waals surface area contributed by atoms with Gasteiger partial charge in [-0.1, -0.05) is 36.0 Å². The van der Waals surface area contributed by atoms with E-state index in [-0.39, 0.29) is 60.0 Å². The number of nitrogens with zero attached hydrogens (tertiary/aromatic N) is 6. The molecule has 28 heteroatoms. The molecule has 2 aliphatic rings. The number of phosphoric ester groups is 2. The molecule has 3 aromatic heterocycles. The number of hydrogen-bond acceptors (Lipinski definition) is 20. The second-order valence-corrected chi connectivity index (χ2v) is 17.7. The van der Waals surface area contributed by atoms with E-state index in [1.54, 1.807) is 30.3 Å². The number of imidazole rings is 1. The number of benzene rings is 1. The Labute approximate surface area is 361 Å². The Morgan fingerprint density at radius 1 is 1.02 bits per heavy atom. The topological polar surface area (TPSA) is 364 Å². The third-order valence-corrected chi connectivity index (χ3v) is 11.9. The van der Waals surface area contributed by atoms with E-state index in [1.807, 2.05) is 0 Å². The molecular weight excluding hydrogens is 896 g/mol. The first-order valence-electron chi connectivity index (χ1n) is 18.9. The van der Waals surface area contributed by atoms with Gasteiger partial charge in [0.05, 0.1) is 19.5 Å². The number of amides is 1. The van der Waals surface area contributed by atoms with Gasteiger partial charge in [0.1, 0.15) is 54.3 Å². The highest BCUT2D eigenvalue weighted by atomic mass is 32.2. The number of aromatic nitrogens is 6. The molecule has 6 rings (SSSR count). The summed E-state index contributed by atoms with van der Waals surface area (Å²) in [6.45, 7) is 1.80. The molecule has 2 fully saturated rings. The number of carbonyl (C=O) groups is 3. The Balaban J connectivity index is 1.22. The van der Waals surface area contributed by atoms with E-state index in [4.69, 9.17) is 34.7 Å². The highest BCUT2D eigenvalue weighted by Gasteiger charge is 2.50. The minimum atomic E-state index is -5.26. The van der Waals surface area contributed by atoms with Crippen LogP contribution in [-0.4, -0.2) is 116 Å². The van der Waals surface area contributed by atoms with Crippen LogP contribution >= 0.6 is 27.4 Å². The largest absolute Gasteiger partial charge is 0.472 e. The van der Waals surface area contributed by atoms with Gasteiger partial charge in [-0.25, -0.2) is 33.7 Å². The molecule has 5 heterocycles. The van der Waals surface area contributed by atoms with E-state index in [0.29, 0.717) is 4.90 Å². The first kappa shape index (κ1) is 47.5. The number of phosphoric acid groups is 2. The summed E-state index contributed by atoms with van der Waals surface area (Å²) in [5, 5.41) is 13.9. The summed E-state index contributed by atoms with van der Waals surface area (Å²) in [7, 11) is -10.3. The molecule has 63 heavy (non-hydrogen) atoms. The molecule has 4 aromatic rings. The van der Waals surface area contributed by atoms with Crippen LogP contribution in [0.2, 0.25) is 0 Å². The number of carbonyl (C=O) groups excluding carboxylic acids is 3. The quantitative estimate of drug-likeness (QED) is 0.0280. The second kappa shape index (κ2) is 20.7. The molecule has 1 unspecified atom stereocenters. The molecule has 0 spiro atoms. The van der Waals surface area contributed by atoms with Crippen LogP contribution in [0.3, 0.4) is 0 Å². The van der Waals surface area contributed by atoms with Crippen molar-refractivity contribution < 1.29 is 71.1 Å². The van der Waals surface area contributed by atoms with E-state index >= 15 is 0 Å². The number of aliphatic hydroxyl groups is 1. The number of rotatable bonds is 20. The Morgan fingerprint density at radius 3 is 2.48 bits per heavy atom. The van der Waals surface area contributed by atoms with Crippen LogP contribution in [0.5, 0.6) is 0 Å². The summed E-state index contributed by atoms with van der Waals surface area (Å²) in [6, 6.07) is 8.58. The normalized spacial score (nSPS) is 23.8. The minimum absolute atomic E-state index is 0.0114. The van der Waals surface area contributed by atoms with Crippen LogP contribution in [0, 0.1) is 0 Å². The molecule has 2 saturated heterocycles. The molecule has 0 radical (unpaired) electrons. The van der Waals surface area contributed by atoms with Crippen molar-refractivity contribution in [3.8, 4) is 0 Å². The minimum Gasteiger partial charge on any atom is -0.455 e. The van der Waals surface area contributed by atoms with Crippen LogP contribution < -0.4 is 22.5 Å². The summed E-state index contributed by atoms with van der Waals surface area (Å²) in [4.78, 5) is 98.3. The molecule has 25 nitrogen and oxygen atoms in total. The van der Waals surface area contributed by atoms with Crippen molar-refractivity contribution in [2.75, 3.05) is 24.7 Å². The van der Waals surface area contributed by atoms with Crippen molar-refractivity contribution in [3.05, 3.63) is 78.4 Å². The van der Waals surface area contributed by atoms with Gasteiger partial charge in [0.15, 0.2) is 28.9 Å². The van der Waals surface area contributed by atoms with Crippen molar-refractivity contribution in [2.45, 2.75) is 86.0 Å². The molecule has 0 saturated carbocycles. The molecule has 1 amide bonds. The van der Waals surface area contributed by atoms with Crippen LogP contribution in [0.15, 0.2) is 77.6 Å². The van der Waals surface area contributed by atoms with Crippen molar-refractivity contribution in [3.63, 3.8) is 0 Å². The highest BCUT2D eigenvalue weighted by Crippen LogP contribution is 2.50. The van der Waals surface area contributed by atoms with Gasteiger partial charge < -0.3 is 50.8 Å². The zero-order chi connectivity index (χ0) is 45.5. The number of esters is 1. The number of allylic oxidation sites excluding steroid dienone is 1. The molecule has 340 valence electrons. The number of fused-ring (bicyclic) bond motifs is 1. The zero-order valence-corrected chi connectivity index (χ0v) is 35.5. The molecule has 0 aliphatic carbocycles. The zero-order valence-electron chi connectivity index (χ0n) is 32.9. The molecule has 1 aromatic carbocycles. The third kappa shape index (κ3) is 12.6. The Kier molecular flexibility index (Phi) is 15.6. The van der Waals surface area contributed by atoms with Crippen LogP contribution in [-0.2, 0) is 51.3 Å². The summed E-state index contributed by atoms with van der Waals surface area (Å²) < 4.78 is 60.1. The summed E-state index contributed by atoms with van der Waals surface area (Å²) in [5.41, 5.74) is 10.9. The maximum absolute atomic E-state index is 13.9. The summed E-state index contributed by atoms with van der Waals surface area (Å²) >= 11 is 0.933. The fourth-order valence-corrected chi connectivity index (χ4v) is 8.58.